The SMILES string of the molecule is CC(C)(C)NC(=O)C1N(CCCCO)C(=O)[C@@H]2[C@H](C(=O)Nc3ccccc3)[C@@H]3CCC12O3. The number of hydrogen-bond donors (Lipinski definition) is 3. The fourth-order valence-electron chi connectivity index (χ4n) is 5.57. The smallest absolute Gasteiger partial charge is 0.246 e. The van der Waals surface area contributed by atoms with Crippen molar-refractivity contribution in [2.24, 2.45) is 11.8 Å². The number of carbonyl (C=O) groups excluding carboxylic acids is 3. The van der Waals surface area contributed by atoms with E-state index in [-0.39, 0.29) is 30.4 Å². The van der Waals surface area contributed by atoms with Gasteiger partial charge in [-0.1, -0.05) is 18.2 Å². The van der Waals surface area contributed by atoms with Gasteiger partial charge in [-0.3, -0.25) is 14.4 Å². The molecule has 3 aliphatic rings. The molecule has 3 aliphatic heterocycles. The Morgan fingerprint density at radius 1 is 1.19 bits per heavy atom. The molecule has 3 amide bonds. The number of fused-ring (bicyclic) bond motifs is 1. The minimum atomic E-state index is -0.991. The molecule has 1 aromatic carbocycles. The number of carbonyl (C=O) groups is 3. The van der Waals surface area contributed by atoms with Crippen LogP contribution in [0.2, 0.25) is 0 Å². The lowest BCUT2D eigenvalue weighted by Crippen LogP contribution is -2.58. The molecule has 3 heterocycles. The van der Waals surface area contributed by atoms with Crippen LogP contribution in [0.3, 0.4) is 0 Å². The molecule has 0 aromatic heterocycles. The summed E-state index contributed by atoms with van der Waals surface area (Å²) in [6.45, 7) is 6.07. The number of hydrogen-bond acceptors (Lipinski definition) is 5. The minimum Gasteiger partial charge on any atom is -0.396 e. The van der Waals surface area contributed by atoms with Gasteiger partial charge in [0.05, 0.1) is 17.9 Å². The molecular formula is C24H33N3O5. The van der Waals surface area contributed by atoms with Crippen LogP contribution >= 0.6 is 0 Å². The van der Waals surface area contributed by atoms with Crippen molar-refractivity contribution in [2.75, 3.05) is 18.5 Å². The molecule has 1 spiro atoms. The van der Waals surface area contributed by atoms with Crippen LogP contribution in [0.4, 0.5) is 5.69 Å². The Labute approximate surface area is 188 Å². The van der Waals surface area contributed by atoms with E-state index >= 15 is 0 Å². The molecule has 1 aromatic rings. The Hall–Kier alpha value is -2.45. The third kappa shape index (κ3) is 3.90. The largest absolute Gasteiger partial charge is 0.396 e. The van der Waals surface area contributed by atoms with Crippen molar-refractivity contribution < 1.29 is 24.2 Å². The topological polar surface area (TPSA) is 108 Å². The highest BCUT2D eigenvalue weighted by molar-refractivity contribution is 6.02. The van der Waals surface area contributed by atoms with Gasteiger partial charge in [0.2, 0.25) is 17.7 Å². The average Bonchev–Trinajstić information content (AvgIpc) is 3.35. The normalized spacial score (nSPS) is 31.0. The number of nitrogens with zero attached hydrogens (tertiary/aromatic N) is 1. The zero-order valence-corrected chi connectivity index (χ0v) is 19.0. The van der Waals surface area contributed by atoms with Crippen LogP contribution in [0.1, 0.15) is 46.5 Å². The van der Waals surface area contributed by atoms with Crippen LogP contribution in [0.15, 0.2) is 30.3 Å². The van der Waals surface area contributed by atoms with Crippen LogP contribution in [0.25, 0.3) is 0 Å². The van der Waals surface area contributed by atoms with E-state index in [1.165, 1.54) is 0 Å². The highest BCUT2D eigenvalue weighted by Crippen LogP contribution is 2.58. The number of para-hydroxylation sites is 1. The van der Waals surface area contributed by atoms with E-state index in [0.29, 0.717) is 37.9 Å². The first-order valence-electron chi connectivity index (χ1n) is 11.4. The number of anilines is 1. The number of benzene rings is 1. The number of rotatable bonds is 7. The summed E-state index contributed by atoms with van der Waals surface area (Å²) in [5.41, 5.74) is -0.789. The van der Waals surface area contributed by atoms with Crippen LogP contribution in [0, 0.1) is 11.8 Å². The Kier molecular flexibility index (Phi) is 6.02. The fraction of sp³-hybridized carbons (Fsp3) is 0.625. The molecule has 2 unspecified atom stereocenters. The van der Waals surface area contributed by atoms with Crippen LogP contribution in [-0.4, -0.2) is 64.2 Å². The van der Waals surface area contributed by atoms with Gasteiger partial charge < -0.3 is 25.4 Å². The predicted molar refractivity (Wildman–Crippen MR) is 119 cm³/mol. The summed E-state index contributed by atoms with van der Waals surface area (Å²) in [5, 5.41) is 15.1. The highest BCUT2D eigenvalue weighted by Gasteiger charge is 2.74. The van der Waals surface area contributed by atoms with Gasteiger partial charge in [0, 0.05) is 24.4 Å². The second kappa shape index (κ2) is 8.48. The molecule has 5 atom stereocenters. The van der Waals surface area contributed by atoms with Crippen molar-refractivity contribution in [3.8, 4) is 0 Å². The molecule has 3 saturated heterocycles. The molecule has 0 aliphatic carbocycles. The van der Waals surface area contributed by atoms with Gasteiger partial charge in [-0.05, 0) is 58.6 Å². The van der Waals surface area contributed by atoms with E-state index in [1.807, 2.05) is 39.0 Å². The molecule has 32 heavy (non-hydrogen) atoms. The third-order valence-electron chi connectivity index (χ3n) is 6.70. The lowest BCUT2D eigenvalue weighted by molar-refractivity contribution is -0.142. The predicted octanol–water partition coefficient (Wildman–Crippen LogP) is 1.69. The zero-order valence-electron chi connectivity index (χ0n) is 19.0. The monoisotopic (exact) mass is 443 g/mol. The summed E-state index contributed by atoms with van der Waals surface area (Å²) in [6, 6.07) is 8.37. The minimum absolute atomic E-state index is 0.0239. The van der Waals surface area contributed by atoms with Crippen molar-refractivity contribution in [3.63, 3.8) is 0 Å². The molecule has 4 rings (SSSR count). The van der Waals surface area contributed by atoms with Crippen LogP contribution < -0.4 is 10.6 Å². The van der Waals surface area contributed by atoms with Gasteiger partial charge in [0.15, 0.2) is 0 Å². The van der Waals surface area contributed by atoms with Gasteiger partial charge in [-0.25, -0.2) is 0 Å². The molecule has 3 fully saturated rings. The second-order valence-corrected chi connectivity index (χ2v) is 10.1. The Bertz CT molecular complexity index is 883. The van der Waals surface area contributed by atoms with Gasteiger partial charge in [-0.15, -0.1) is 0 Å². The number of nitrogens with one attached hydrogen (secondary N) is 2. The number of unbranched alkanes of at least 4 members (excludes halogenated alkanes) is 1. The first-order valence-corrected chi connectivity index (χ1v) is 11.4. The first kappa shape index (κ1) is 22.7. The van der Waals surface area contributed by atoms with Gasteiger partial charge >= 0.3 is 0 Å². The number of ether oxygens (including phenoxy) is 1. The van der Waals surface area contributed by atoms with Gasteiger partial charge in [0.1, 0.15) is 11.6 Å². The average molecular weight is 444 g/mol. The van der Waals surface area contributed by atoms with E-state index in [1.54, 1.807) is 17.0 Å². The number of likely N-dealkylation sites (tertiary alicyclic amines) is 1. The van der Waals surface area contributed by atoms with E-state index < -0.39 is 29.0 Å². The summed E-state index contributed by atoms with van der Waals surface area (Å²) < 4.78 is 6.38. The summed E-state index contributed by atoms with van der Waals surface area (Å²) in [4.78, 5) is 41.9. The molecule has 0 radical (unpaired) electrons. The van der Waals surface area contributed by atoms with Crippen LogP contribution in [0.5, 0.6) is 0 Å². The van der Waals surface area contributed by atoms with Crippen molar-refractivity contribution in [3.05, 3.63) is 30.3 Å². The Morgan fingerprint density at radius 2 is 1.91 bits per heavy atom. The highest BCUT2D eigenvalue weighted by atomic mass is 16.5. The van der Waals surface area contributed by atoms with E-state index in [0.717, 1.165) is 0 Å². The quantitative estimate of drug-likeness (QED) is 0.556. The lowest BCUT2D eigenvalue weighted by atomic mass is 9.70. The molecular weight excluding hydrogens is 410 g/mol. The Morgan fingerprint density at radius 3 is 2.56 bits per heavy atom. The maximum absolute atomic E-state index is 13.6. The standard InChI is InChI=1S/C24H33N3O5/c1-23(2,3)26-21(30)19-24-12-11-16(32-24)17(20(29)25-15-9-5-4-6-10-15)18(24)22(31)27(19)13-7-8-14-28/h4-6,9-10,16-19,28H,7-8,11-14H2,1-3H3,(H,25,29)(H,26,30)/t16-,17+,18-,19?,24?/m0/s1. The van der Waals surface area contributed by atoms with Crippen molar-refractivity contribution >= 4 is 23.4 Å². The maximum atomic E-state index is 13.6. The van der Waals surface area contributed by atoms with Crippen LogP contribution in [-0.2, 0) is 19.1 Å². The first-order chi connectivity index (χ1) is 15.2. The van der Waals surface area contributed by atoms with E-state index in [4.69, 9.17) is 4.74 Å². The third-order valence-corrected chi connectivity index (χ3v) is 6.70. The fourth-order valence-corrected chi connectivity index (χ4v) is 5.57. The number of amides is 3. The maximum Gasteiger partial charge on any atom is 0.246 e. The summed E-state index contributed by atoms with van der Waals surface area (Å²) in [7, 11) is 0. The number of aliphatic hydroxyl groups is 1. The Balaban J connectivity index is 1.64. The summed E-state index contributed by atoms with van der Waals surface area (Å²) >= 11 is 0. The lowest BCUT2D eigenvalue weighted by Gasteiger charge is -2.35. The molecule has 8 nitrogen and oxygen atoms in total. The summed E-state index contributed by atoms with van der Waals surface area (Å²) in [5.74, 6) is -2.01. The van der Waals surface area contributed by atoms with Gasteiger partial charge in [0.25, 0.3) is 0 Å². The zero-order chi connectivity index (χ0) is 23.1. The van der Waals surface area contributed by atoms with E-state index in [2.05, 4.69) is 10.6 Å². The molecule has 174 valence electrons. The van der Waals surface area contributed by atoms with E-state index in [9.17, 15) is 19.5 Å². The van der Waals surface area contributed by atoms with Crippen molar-refractivity contribution in [1.29, 1.82) is 0 Å². The molecule has 8 heteroatoms. The second-order valence-electron chi connectivity index (χ2n) is 10.1. The molecule has 3 N–H and O–H groups in total. The summed E-state index contributed by atoms with van der Waals surface area (Å²) in [6.07, 6.45) is 1.95. The van der Waals surface area contributed by atoms with Crippen molar-refractivity contribution in [1.82, 2.24) is 10.2 Å². The molecule has 2 bridgehead atoms. The number of aliphatic hydroxyl groups excluding tert-OH is 1. The van der Waals surface area contributed by atoms with Gasteiger partial charge in [-0.2, -0.15) is 0 Å². The van der Waals surface area contributed by atoms with Crippen molar-refractivity contribution in [2.45, 2.75) is 69.7 Å². The molecule has 0 saturated carbocycles.